The fourth-order valence-electron chi connectivity index (χ4n) is 2.42. The summed E-state index contributed by atoms with van der Waals surface area (Å²) in [4.78, 5) is 11.1. The van der Waals surface area contributed by atoms with Crippen LogP contribution >= 0.6 is 0 Å². The molecule has 1 aliphatic heterocycles. The van der Waals surface area contributed by atoms with Crippen molar-refractivity contribution < 1.29 is 0 Å². The molecule has 0 spiro atoms. The van der Waals surface area contributed by atoms with E-state index in [0.717, 1.165) is 31.4 Å². The molecule has 0 bridgehead atoms. The van der Waals surface area contributed by atoms with Crippen molar-refractivity contribution in [2.75, 3.05) is 26.2 Å². The maximum Gasteiger partial charge on any atom is 0.142 e. The smallest absolute Gasteiger partial charge is 0.142 e. The lowest BCUT2D eigenvalue weighted by Crippen LogP contribution is -2.39. The lowest BCUT2D eigenvalue weighted by atomic mass is 9.98. The minimum atomic E-state index is 0.785. The molecule has 1 unspecified atom stereocenters. The van der Waals surface area contributed by atoms with E-state index >= 15 is 0 Å². The molecule has 0 amide bonds. The van der Waals surface area contributed by atoms with E-state index < -0.39 is 0 Å². The van der Waals surface area contributed by atoms with E-state index in [-0.39, 0.29) is 0 Å². The molecule has 17 heavy (non-hydrogen) atoms. The summed E-state index contributed by atoms with van der Waals surface area (Å²) in [6, 6.07) is 1.87. The van der Waals surface area contributed by atoms with E-state index in [1.165, 1.54) is 25.9 Å². The van der Waals surface area contributed by atoms with Crippen LogP contribution in [0.3, 0.4) is 0 Å². The second-order valence-electron chi connectivity index (χ2n) is 4.72. The first-order valence-electron chi connectivity index (χ1n) is 6.57. The van der Waals surface area contributed by atoms with Crippen LogP contribution in [0.4, 0.5) is 0 Å². The molecule has 1 aliphatic rings. The van der Waals surface area contributed by atoms with Crippen molar-refractivity contribution in [3.8, 4) is 0 Å². The van der Waals surface area contributed by atoms with Crippen molar-refractivity contribution in [3.05, 3.63) is 24.3 Å². The number of hydrogen-bond acceptors (Lipinski definition) is 4. The molecule has 2 rings (SSSR count). The average molecular weight is 234 g/mol. The molecule has 4 heteroatoms. The minimum absolute atomic E-state index is 0.785. The highest BCUT2D eigenvalue weighted by atomic mass is 15.2. The Morgan fingerprint density at radius 2 is 2.24 bits per heavy atom. The molecular formula is C13H22N4. The van der Waals surface area contributed by atoms with E-state index in [1.807, 2.05) is 18.5 Å². The second-order valence-corrected chi connectivity index (χ2v) is 4.72. The lowest BCUT2D eigenvalue weighted by molar-refractivity contribution is 0.162. The van der Waals surface area contributed by atoms with Gasteiger partial charge in [-0.25, -0.2) is 9.97 Å². The molecule has 0 saturated carbocycles. The third-order valence-corrected chi connectivity index (χ3v) is 3.27. The lowest BCUT2D eigenvalue weighted by Gasteiger charge is -2.32. The summed E-state index contributed by atoms with van der Waals surface area (Å²) >= 11 is 0. The SMILES string of the molecule is CCNCC1CCCN(Cc2ncccn2)C1. The van der Waals surface area contributed by atoms with Crippen LogP contribution in [0.5, 0.6) is 0 Å². The normalized spacial score (nSPS) is 21.6. The zero-order chi connectivity index (χ0) is 11.9. The Labute approximate surface area is 103 Å². The van der Waals surface area contributed by atoms with Crippen molar-refractivity contribution in [3.63, 3.8) is 0 Å². The zero-order valence-electron chi connectivity index (χ0n) is 10.6. The van der Waals surface area contributed by atoms with Gasteiger partial charge in [0, 0.05) is 18.9 Å². The Kier molecular flexibility index (Phi) is 4.88. The van der Waals surface area contributed by atoms with Gasteiger partial charge < -0.3 is 5.32 Å². The van der Waals surface area contributed by atoms with E-state index in [9.17, 15) is 0 Å². The Balaban J connectivity index is 1.81. The summed E-state index contributed by atoms with van der Waals surface area (Å²) in [6.45, 7) is 7.62. The third kappa shape index (κ3) is 4.06. The fraction of sp³-hybridized carbons (Fsp3) is 0.692. The molecule has 4 nitrogen and oxygen atoms in total. The van der Waals surface area contributed by atoms with Crippen LogP contribution in [-0.4, -0.2) is 41.0 Å². The van der Waals surface area contributed by atoms with Gasteiger partial charge in [-0.15, -0.1) is 0 Å². The first-order chi connectivity index (χ1) is 8.38. The van der Waals surface area contributed by atoms with Crippen LogP contribution in [0.2, 0.25) is 0 Å². The molecular weight excluding hydrogens is 212 g/mol. The quantitative estimate of drug-likeness (QED) is 0.833. The van der Waals surface area contributed by atoms with Gasteiger partial charge in [0.15, 0.2) is 0 Å². The van der Waals surface area contributed by atoms with Crippen LogP contribution in [0.15, 0.2) is 18.5 Å². The van der Waals surface area contributed by atoms with E-state index in [0.29, 0.717) is 0 Å². The number of likely N-dealkylation sites (tertiary alicyclic amines) is 1. The van der Waals surface area contributed by atoms with Gasteiger partial charge in [0.25, 0.3) is 0 Å². The van der Waals surface area contributed by atoms with E-state index in [4.69, 9.17) is 0 Å². The predicted octanol–water partition coefficient (Wildman–Crippen LogP) is 1.30. The monoisotopic (exact) mass is 234 g/mol. The Morgan fingerprint density at radius 1 is 1.41 bits per heavy atom. The molecule has 1 aromatic heterocycles. The second kappa shape index (κ2) is 6.67. The van der Waals surface area contributed by atoms with E-state index in [1.54, 1.807) is 0 Å². The predicted molar refractivity (Wildman–Crippen MR) is 68.6 cm³/mol. The van der Waals surface area contributed by atoms with Crippen molar-refractivity contribution in [1.29, 1.82) is 0 Å². The fourth-order valence-corrected chi connectivity index (χ4v) is 2.42. The molecule has 1 N–H and O–H groups in total. The molecule has 1 fully saturated rings. The van der Waals surface area contributed by atoms with Crippen molar-refractivity contribution in [2.45, 2.75) is 26.3 Å². The number of aromatic nitrogens is 2. The summed E-state index contributed by atoms with van der Waals surface area (Å²) in [5.74, 6) is 1.73. The van der Waals surface area contributed by atoms with Gasteiger partial charge in [-0.05, 0) is 44.5 Å². The summed E-state index contributed by atoms with van der Waals surface area (Å²) in [5.41, 5.74) is 0. The summed E-state index contributed by atoms with van der Waals surface area (Å²) < 4.78 is 0. The van der Waals surface area contributed by atoms with Gasteiger partial charge >= 0.3 is 0 Å². The van der Waals surface area contributed by atoms with Gasteiger partial charge in [0.1, 0.15) is 5.82 Å². The van der Waals surface area contributed by atoms with Gasteiger partial charge in [0.05, 0.1) is 6.54 Å². The number of nitrogens with one attached hydrogen (secondary N) is 1. The zero-order valence-corrected chi connectivity index (χ0v) is 10.6. The Morgan fingerprint density at radius 3 is 3.00 bits per heavy atom. The molecule has 2 heterocycles. The largest absolute Gasteiger partial charge is 0.317 e. The van der Waals surface area contributed by atoms with Crippen molar-refractivity contribution in [2.24, 2.45) is 5.92 Å². The first-order valence-corrected chi connectivity index (χ1v) is 6.57. The molecule has 0 radical (unpaired) electrons. The summed E-state index contributed by atoms with van der Waals surface area (Å²) in [6.07, 6.45) is 6.28. The third-order valence-electron chi connectivity index (χ3n) is 3.27. The van der Waals surface area contributed by atoms with Crippen LogP contribution < -0.4 is 5.32 Å². The number of nitrogens with zero attached hydrogens (tertiary/aromatic N) is 3. The topological polar surface area (TPSA) is 41.0 Å². The Hall–Kier alpha value is -1.00. The minimum Gasteiger partial charge on any atom is -0.317 e. The van der Waals surface area contributed by atoms with Gasteiger partial charge in [-0.3, -0.25) is 4.90 Å². The standard InChI is InChI=1S/C13H22N4/c1-2-14-9-12-5-3-8-17(10-12)11-13-15-6-4-7-16-13/h4,6-7,12,14H,2-3,5,8-11H2,1H3. The van der Waals surface area contributed by atoms with Gasteiger partial charge in [0.2, 0.25) is 0 Å². The highest BCUT2D eigenvalue weighted by molar-refractivity contribution is 4.89. The van der Waals surface area contributed by atoms with Crippen molar-refractivity contribution in [1.82, 2.24) is 20.2 Å². The summed E-state index contributed by atoms with van der Waals surface area (Å²) in [7, 11) is 0. The number of hydrogen-bond donors (Lipinski definition) is 1. The maximum absolute atomic E-state index is 4.29. The van der Waals surface area contributed by atoms with Crippen LogP contribution in [0, 0.1) is 5.92 Å². The molecule has 1 aromatic rings. The summed E-state index contributed by atoms with van der Waals surface area (Å²) in [5, 5.41) is 3.44. The maximum atomic E-state index is 4.29. The van der Waals surface area contributed by atoms with Gasteiger partial charge in [-0.1, -0.05) is 6.92 Å². The highest BCUT2D eigenvalue weighted by Gasteiger charge is 2.19. The number of piperidine rings is 1. The van der Waals surface area contributed by atoms with Crippen LogP contribution in [-0.2, 0) is 6.54 Å². The first kappa shape index (κ1) is 12.5. The van der Waals surface area contributed by atoms with Crippen LogP contribution in [0.25, 0.3) is 0 Å². The molecule has 0 aliphatic carbocycles. The van der Waals surface area contributed by atoms with Crippen molar-refractivity contribution >= 4 is 0 Å². The van der Waals surface area contributed by atoms with E-state index in [2.05, 4.69) is 27.1 Å². The van der Waals surface area contributed by atoms with Gasteiger partial charge in [-0.2, -0.15) is 0 Å². The highest BCUT2D eigenvalue weighted by Crippen LogP contribution is 2.16. The van der Waals surface area contributed by atoms with Crippen LogP contribution in [0.1, 0.15) is 25.6 Å². The molecule has 1 saturated heterocycles. The molecule has 94 valence electrons. The molecule has 0 aromatic carbocycles. The molecule has 1 atom stereocenters. The Bertz CT molecular complexity index is 314. The number of rotatable bonds is 5. The average Bonchev–Trinajstić information content (AvgIpc) is 2.38.